The van der Waals surface area contributed by atoms with E-state index in [0.717, 1.165) is 30.0 Å². The number of anilines is 1. The second-order valence-corrected chi connectivity index (χ2v) is 12.8. The highest BCUT2D eigenvalue weighted by Crippen LogP contribution is 2.68. The summed E-state index contributed by atoms with van der Waals surface area (Å²) in [5.41, 5.74) is 0.340. The first-order chi connectivity index (χ1) is 17.8. The number of piperidine rings is 1. The highest BCUT2D eigenvalue weighted by molar-refractivity contribution is 7.09. The van der Waals surface area contributed by atoms with Gasteiger partial charge >= 0.3 is 6.18 Å². The lowest BCUT2D eigenvalue weighted by Gasteiger charge is -2.36. The van der Waals surface area contributed by atoms with Crippen LogP contribution in [-0.4, -0.2) is 65.9 Å². The Morgan fingerprint density at radius 2 is 1.58 bits per heavy atom. The minimum atomic E-state index is -4.38. The Morgan fingerprint density at radius 3 is 2.16 bits per heavy atom. The number of hydrogen-bond donors (Lipinski definition) is 0. The third-order valence-electron chi connectivity index (χ3n) is 9.27. The van der Waals surface area contributed by atoms with Crippen molar-refractivity contribution in [3.8, 4) is 0 Å². The normalized spacial score (nSPS) is 22.0. The number of halogens is 3. The molecule has 2 amide bonds. The monoisotopic (exact) mass is 548 g/mol. The van der Waals surface area contributed by atoms with E-state index in [1.54, 1.807) is 11.0 Å². The Balaban J connectivity index is 1.14. The minimum Gasteiger partial charge on any atom is -0.368 e. The van der Waals surface area contributed by atoms with E-state index in [9.17, 15) is 22.8 Å². The van der Waals surface area contributed by atoms with Crippen molar-refractivity contribution in [2.75, 3.05) is 44.2 Å². The maximum Gasteiger partial charge on any atom is 0.416 e. The van der Waals surface area contributed by atoms with Crippen molar-refractivity contribution < 1.29 is 22.8 Å². The van der Waals surface area contributed by atoms with Gasteiger partial charge in [0, 0.05) is 62.2 Å². The zero-order valence-corrected chi connectivity index (χ0v) is 23.2. The molecule has 0 spiro atoms. The zero-order valence-electron chi connectivity index (χ0n) is 22.3. The molecule has 206 valence electrons. The van der Waals surface area contributed by atoms with Crippen LogP contribution in [0.5, 0.6) is 0 Å². The molecule has 2 aromatic rings. The molecule has 5 rings (SSSR count). The summed E-state index contributed by atoms with van der Waals surface area (Å²) in [6, 6.07) is 5.32. The first-order valence-corrected chi connectivity index (χ1v) is 14.1. The Labute approximate surface area is 225 Å². The summed E-state index contributed by atoms with van der Waals surface area (Å²) in [6.45, 7) is 11.9. The molecule has 0 bridgehead atoms. The lowest BCUT2D eigenvalue weighted by Crippen LogP contribution is -2.49. The molecule has 6 nitrogen and oxygen atoms in total. The molecule has 0 N–H and O–H groups in total. The number of nitrogens with zero attached hydrogens (tertiary/aromatic N) is 4. The van der Waals surface area contributed by atoms with Gasteiger partial charge in [0.05, 0.1) is 10.6 Å². The van der Waals surface area contributed by atoms with E-state index >= 15 is 0 Å². The number of aromatic nitrogens is 1. The van der Waals surface area contributed by atoms with Gasteiger partial charge in [0.1, 0.15) is 5.69 Å². The molecule has 3 fully saturated rings. The van der Waals surface area contributed by atoms with Crippen LogP contribution in [0.4, 0.5) is 18.9 Å². The van der Waals surface area contributed by atoms with E-state index in [-0.39, 0.29) is 34.5 Å². The largest absolute Gasteiger partial charge is 0.416 e. The number of carbonyl (C=O) groups excluding carboxylic acids is 2. The molecule has 2 saturated heterocycles. The minimum absolute atomic E-state index is 0.0318. The second-order valence-electron chi connectivity index (χ2n) is 11.9. The molecule has 1 aromatic carbocycles. The van der Waals surface area contributed by atoms with E-state index in [1.165, 1.54) is 17.4 Å². The molecule has 3 heterocycles. The van der Waals surface area contributed by atoms with Crippen LogP contribution in [0.1, 0.15) is 67.5 Å². The summed E-state index contributed by atoms with van der Waals surface area (Å²) < 4.78 is 39.2. The summed E-state index contributed by atoms with van der Waals surface area (Å²) in [4.78, 5) is 36.5. The molecule has 10 heteroatoms. The first-order valence-electron chi connectivity index (χ1n) is 13.3. The smallest absolute Gasteiger partial charge is 0.368 e. The van der Waals surface area contributed by atoms with Crippen molar-refractivity contribution in [2.24, 2.45) is 16.7 Å². The molecule has 3 aliphatic rings. The van der Waals surface area contributed by atoms with E-state index in [0.29, 0.717) is 50.6 Å². The van der Waals surface area contributed by atoms with Gasteiger partial charge in [0.2, 0.25) is 5.91 Å². The number of thiazole rings is 1. The van der Waals surface area contributed by atoms with Crippen molar-refractivity contribution in [3.05, 3.63) is 45.9 Å². The molecule has 1 aliphatic carbocycles. The van der Waals surface area contributed by atoms with Gasteiger partial charge in [-0.2, -0.15) is 13.2 Å². The van der Waals surface area contributed by atoms with Crippen LogP contribution in [0.25, 0.3) is 0 Å². The predicted molar refractivity (Wildman–Crippen MR) is 141 cm³/mol. The maximum absolute atomic E-state index is 13.1. The third-order valence-corrected chi connectivity index (χ3v) is 10.3. The van der Waals surface area contributed by atoms with Crippen molar-refractivity contribution >= 4 is 28.8 Å². The fourth-order valence-corrected chi connectivity index (χ4v) is 7.09. The van der Waals surface area contributed by atoms with Crippen LogP contribution in [0.3, 0.4) is 0 Å². The maximum atomic E-state index is 13.1. The average Bonchev–Trinajstić information content (AvgIpc) is 3.21. The van der Waals surface area contributed by atoms with Crippen LogP contribution >= 0.6 is 11.3 Å². The van der Waals surface area contributed by atoms with Crippen molar-refractivity contribution in [1.82, 2.24) is 14.8 Å². The van der Waals surface area contributed by atoms with Crippen molar-refractivity contribution in [3.63, 3.8) is 0 Å². The van der Waals surface area contributed by atoms with Crippen molar-refractivity contribution in [1.29, 1.82) is 0 Å². The topological polar surface area (TPSA) is 56.8 Å². The fourth-order valence-electron chi connectivity index (χ4n) is 6.13. The fraction of sp³-hybridized carbons (Fsp3) is 0.607. The van der Waals surface area contributed by atoms with E-state index in [4.69, 9.17) is 0 Å². The van der Waals surface area contributed by atoms with Gasteiger partial charge in [-0.3, -0.25) is 9.59 Å². The van der Waals surface area contributed by atoms with Gasteiger partial charge in [-0.05, 0) is 41.9 Å². The number of amides is 2. The number of rotatable bonds is 4. The molecule has 0 unspecified atom stereocenters. The highest BCUT2D eigenvalue weighted by atomic mass is 32.1. The van der Waals surface area contributed by atoms with Crippen LogP contribution in [0.2, 0.25) is 0 Å². The molecular weight excluding hydrogens is 513 g/mol. The van der Waals surface area contributed by atoms with Crippen LogP contribution < -0.4 is 4.90 Å². The molecule has 38 heavy (non-hydrogen) atoms. The van der Waals surface area contributed by atoms with E-state index in [2.05, 4.69) is 32.7 Å². The highest BCUT2D eigenvalue weighted by Gasteiger charge is 2.68. The molecule has 1 aromatic heterocycles. The van der Waals surface area contributed by atoms with Gasteiger partial charge in [0.15, 0.2) is 0 Å². The average molecular weight is 549 g/mol. The quantitative estimate of drug-likeness (QED) is 0.506. The number of alkyl halides is 3. The summed E-state index contributed by atoms with van der Waals surface area (Å²) in [7, 11) is 0. The molecule has 0 radical (unpaired) electrons. The second kappa shape index (κ2) is 9.54. The van der Waals surface area contributed by atoms with Crippen LogP contribution in [-0.2, 0) is 11.0 Å². The number of likely N-dealkylation sites (tertiary alicyclic amines) is 1. The summed E-state index contributed by atoms with van der Waals surface area (Å²) in [5.74, 6) is 0.438. The van der Waals surface area contributed by atoms with Gasteiger partial charge in [0.25, 0.3) is 5.91 Å². The molecule has 0 atom stereocenters. The van der Waals surface area contributed by atoms with Crippen LogP contribution in [0, 0.1) is 16.7 Å². The molecule has 2 aliphatic heterocycles. The Hall–Kier alpha value is -2.62. The Bertz CT molecular complexity index is 1190. The van der Waals surface area contributed by atoms with E-state index in [1.807, 2.05) is 15.2 Å². The summed E-state index contributed by atoms with van der Waals surface area (Å²) >= 11 is 1.50. The standard InChI is InChI=1S/C28H35F3N4O2S/c1-26(2)22(27(26,3)4)25(37)34-10-8-18(9-11-34)23-32-21(17-38-23)24(36)35-14-12-33(13-15-35)20-7-5-6-19(16-20)28(29,30)31/h5-7,16-18,22H,8-15H2,1-4H3. The third kappa shape index (κ3) is 4.80. The van der Waals surface area contributed by atoms with Crippen molar-refractivity contribution in [2.45, 2.75) is 52.6 Å². The number of hydrogen-bond acceptors (Lipinski definition) is 5. The van der Waals surface area contributed by atoms with Gasteiger partial charge < -0.3 is 14.7 Å². The van der Waals surface area contributed by atoms with Gasteiger partial charge in [-0.25, -0.2) is 4.98 Å². The van der Waals surface area contributed by atoms with E-state index < -0.39 is 11.7 Å². The molecular formula is C28H35F3N4O2S. The van der Waals surface area contributed by atoms with Gasteiger partial charge in [-0.1, -0.05) is 33.8 Å². The predicted octanol–water partition coefficient (Wildman–Crippen LogP) is 5.51. The lowest BCUT2D eigenvalue weighted by molar-refractivity contribution is -0.137. The van der Waals surface area contributed by atoms with Crippen LogP contribution in [0.15, 0.2) is 29.6 Å². The zero-order chi connectivity index (χ0) is 27.5. The first kappa shape index (κ1) is 27.0. The molecule has 1 saturated carbocycles. The number of piperazine rings is 1. The Kier molecular flexibility index (Phi) is 6.77. The Morgan fingerprint density at radius 1 is 0.947 bits per heavy atom. The van der Waals surface area contributed by atoms with Gasteiger partial charge in [-0.15, -0.1) is 11.3 Å². The lowest BCUT2D eigenvalue weighted by atomic mass is 9.96. The number of carbonyl (C=O) groups is 2. The summed E-state index contributed by atoms with van der Waals surface area (Å²) in [5, 5.41) is 2.75. The number of benzene rings is 1. The SMILES string of the molecule is CC1(C)C(C(=O)N2CCC(c3nc(C(=O)N4CCN(c5cccc(C(F)(F)F)c5)CC4)cs3)CC2)C1(C)C. The summed E-state index contributed by atoms with van der Waals surface area (Å²) in [6.07, 6.45) is -2.69.